The molecule has 1 aromatic heterocycles. The van der Waals surface area contributed by atoms with E-state index < -0.39 is 0 Å². The topological polar surface area (TPSA) is 39.2 Å². The number of carbonyl (C=O) groups is 1. The van der Waals surface area contributed by atoms with Crippen molar-refractivity contribution in [3.8, 4) is 5.75 Å². The maximum atomic E-state index is 11.0. The van der Waals surface area contributed by atoms with Gasteiger partial charge in [0.05, 0.1) is 21.3 Å². The third kappa shape index (κ3) is 3.33. The van der Waals surface area contributed by atoms with Gasteiger partial charge in [-0.15, -0.1) is 11.3 Å². The number of aromatic nitrogens is 1. The number of carbonyl (C=O) groups excluding carboxylic acids is 1. The molecule has 0 aliphatic heterocycles. The molecule has 0 fully saturated rings. The minimum absolute atomic E-state index is 0.338. The smallest absolute Gasteiger partial charge is 0.155 e. The number of ether oxygens (including phenoxy) is 1. The van der Waals surface area contributed by atoms with Crippen molar-refractivity contribution in [2.45, 2.75) is 26.4 Å². The van der Waals surface area contributed by atoms with Crippen LogP contribution in [0.2, 0.25) is 5.02 Å². The average Bonchev–Trinajstić information content (AvgIpc) is 2.85. The third-order valence-corrected chi connectivity index (χ3v) is 4.09. The van der Waals surface area contributed by atoms with Gasteiger partial charge < -0.3 is 4.74 Å². The fraction of sp³-hybridized carbons (Fsp3) is 0.286. The number of rotatable bonds is 5. The number of benzene rings is 1. The van der Waals surface area contributed by atoms with E-state index in [-0.39, 0.29) is 0 Å². The first kappa shape index (κ1) is 14.0. The molecule has 0 unspecified atom stereocenters. The molecule has 2 aromatic rings. The minimum Gasteiger partial charge on any atom is -0.486 e. The van der Waals surface area contributed by atoms with Crippen LogP contribution in [-0.4, -0.2) is 11.3 Å². The molecule has 0 radical (unpaired) electrons. The first-order chi connectivity index (χ1) is 9.11. The standard InChI is InChI=1S/C14H14ClNO2S/c1-9(2)14-16-10(8-19-14)7-18-13-5-3-4-12(15)11(13)6-17/h3-6,8-9H,7H2,1-2H3. The summed E-state index contributed by atoms with van der Waals surface area (Å²) in [6.07, 6.45) is 0.707. The Morgan fingerprint density at radius 1 is 1.47 bits per heavy atom. The lowest BCUT2D eigenvalue weighted by molar-refractivity contribution is 0.111. The van der Waals surface area contributed by atoms with Crippen molar-refractivity contribution < 1.29 is 9.53 Å². The van der Waals surface area contributed by atoms with Crippen molar-refractivity contribution in [3.63, 3.8) is 0 Å². The third-order valence-electron chi connectivity index (χ3n) is 2.57. The second-order valence-electron chi connectivity index (χ2n) is 4.39. The molecule has 100 valence electrons. The van der Waals surface area contributed by atoms with Crippen molar-refractivity contribution in [1.29, 1.82) is 0 Å². The Hall–Kier alpha value is -1.39. The Morgan fingerprint density at radius 2 is 2.26 bits per heavy atom. The van der Waals surface area contributed by atoms with E-state index in [0.29, 0.717) is 35.1 Å². The van der Waals surface area contributed by atoms with Crippen LogP contribution in [0.5, 0.6) is 5.75 Å². The summed E-state index contributed by atoms with van der Waals surface area (Å²) in [5.74, 6) is 0.900. The monoisotopic (exact) mass is 295 g/mol. The highest BCUT2D eigenvalue weighted by atomic mass is 35.5. The van der Waals surface area contributed by atoms with Crippen molar-refractivity contribution in [2.75, 3.05) is 0 Å². The zero-order valence-corrected chi connectivity index (χ0v) is 12.3. The second-order valence-corrected chi connectivity index (χ2v) is 5.69. The highest BCUT2D eigenvalue weighted by molar-refractivity contribution is 7.09. The number of aldehydes is 1. The predicted octanol–water partition coefficient (Wildman–Crippen LogP) is 4.31. The Bertz CT molecular complexity index is 581. The van der Waals surface area contributed by atoms with Gasteiger partial charge in [-0.1, -0.05) is 31.5 Å². The van der Waals surface area contributed by atoms with E-state index in [1.165, 1.54) is 0 Å². The fourth-order valence-corrected chi connectivity index (χ4v) is 2.59. The van der Waals surface area contributed by atoms with Gasteiger partial charge in [0, 0.05) is 11.3 Å². The molecule has 19 heavy (non-hydrogen) atoms. The van der Waals surface area contributed by atoms with Crippen molar-refractivity contribution >= 4 is 29.2 Å². The molecule has 0 amide bonds. The van der Waals surface area contributed by atoms with Gasteiger partial charge in [-0.25, -0.2) is 4.98 Å². The normalized spacial score (nSPS) is 10.7. The zero-order chi connectivity index (χ0) is 13.8. The first-order valence-electron chi connectivity index (χ1n) is 5.92. The number of halogens is 1. The van der Waals surface area contributed by atoms with Gasteiger partial charge in [-0.05, 0) is 12.1 Å². The Balaban J connectivity index is 2.10. The summed E-state index contributed by atoms with van der Waals surface area (Å²) in [4.78, 5) is 15.4. The number of hydrogen-bond donors (Lipinski definition) is 0. The maximum Gasteiger partial charge on any atom is 0.155 e. The van der Waals surface area contributed by atoms with E-state index in [0.717, 1.165) is 10.7 Å². The number of hydrogen-bond acceptors (Lipinski definition) is 4. The van der Waals surface area contributed by atoms with E-state index in [1.54, 1.807) is 29.5 Å². The fourth-order valence-electron chi connectivity index (χ4n) is 1.56. The molecule has 0 saturated carbocycles. The van der Waals surface area contributed by atoms with E-state index in [1.807, 2.05) is 5.38 Å². The quantitative estimate of drug-likeness (QED) is 0.772. The predicted molar refractivity (Wildman–Crippen MR) is 77.4 cm³/mol. The van der Waals surface area contributed by atoms with Crippen LogP contribution in [-0.2, 0) is 6.61 Å². The lowest BCUT2D eigenvalue weighted by Crippen LogP contribution is -1.99. The van der Waals surface area contributed by atoms with Gasteiger partial charge in [0.25, 0.3) is 0 Å². The minimum atomic E-state index is 0.338. The van der Waals surface area contributed by atoms with Crippen molar-refractivity contribution in [3.05, 3.63) is 44.9 Å². The Labute approximate surface area is 121 Å². The second kappa shape index (κ2) is 6.17. The molecule has 0 bridgehead atoms. The van der Waals surface area contributed by atoms with Crippen LogP contribution in [0, 0.1) is 0 Å². The Kier molecular flexibility index (Phi) is 4.56. The van der Waals surface area contributed by atoms with Crippen LogP contribution in [0.4, 0.5) is 0 Å². The lowest BCUT2D eigenvalue weighted by Gasteiger charge is -2.07. The first-order valence-corrected chi connectivity index (χ1v) is 7.18. The van der Waals surface area contributed by atoms with Gasteiger partial charge in [-0.3, -0.25) is 4.79 Å². The average molecular weight is 296 g/mol. The molecule has 3 nitrogen and oxygen atoms in total. The molecular weight excluding hydrogens is 282 g/mol. The zero-order valence-electron chi connectivity index (χ0n) is 10.7. The van der Waals surface area contributed by atoms with E-state index in [2.05, 4.69) is 18.8 Å². The van der Waals surface area contributed by atoms with Crippen LogP contribution in [0.1, 0.15) is 40.8 Å². The van der Waals surface area contributed by atoms with Gasteiger partial charge >= 0.3 is 0 Å². The molecule has 0 spiro atoms. The SMILES string of the molecule is CC(C)c1nc(COc2cccc(Cl)c2C=O)cs1. The largest absolute Gasteiger partial charge is 0.486 e. The Morgan fingerprint density at radius 3 is 2.89 bits per heavy atom. The highest BCUT2D eigenvalue weighted by Crippen LogP contribution is 2.26. The summed E-state index contributed by atoms with van der Waals surface area (Å²) in [5, 5.41) is 3.45. The van der Waals surface area contributed by atoms with Crippen LogP contribution in [0.3, 0.4) is 0 Å². The van der Waals surface area contributed by atoms with Gasteiger partial charge in [0.1, 0.15) is 12.4 Å². The molecule has 0 N–H and O–H groups in total. The van der Waals surface area contributed by atoms with Gasteiger partial charge in [0.15, 0.2) is 6.29 Å². The molecule has 0 saturated heterocycles. The molecule has 0 atom stereocenters. The molecule has 1 aromatic carbocycles. The van der Waals surface area contributed by atoms with Crippen LogP contribution >= 0.6 is 22.9 Å². The summed E-state index contributed by atoms with van der Waals surface area (Å²) in [6.45, 7) is 4.54. The van der Waals surface area contributed by atoms with E-state index in [4.69, 9.17) is 16.3 Å². The summed E-state index contributed by atoms with van der Waals surface area (Å²) in [6, 6.07) is 5.15. The number of nitrogens with zero attached hydrogens (tertiary/aromatic N) is 1. The summed E-state index contributed by atoms with van der Waals surface area (Å²) in [7, 11) is 0. The summed E-state index contributed by atoms with van der Waals surface area (Å²) in [5.41, 5.74) is 1.24. The van der Waals surface area contributed by atoms with E-state index in [9.17, 15) is 4.79 Å². The summed E-state index contributed by atoms with van der Waals surface area (Å²) < 4.78 is 5.62. The maximum absolute atomic E-state index is 11.0. The lowest BCUT2D eigenvalue weighted by atomic mass is 10.2. The molecular formula is C14H14ClNO2S. The summed E-state index contributed by atoms with van der Waals surface area (Å²) >= 11 is 7.55. The van der Waals surface area contributed by atoms with E-state index >= 15 is 0 Å². The molecule has 1 heterocycles. The molecule has 0 aliphatic rings. The molecule has 5 heteroatoms. The van der Waals surface area contributed by atoms with Gasteiger partial charge in [0.2, 0.25) is 0 Å². The highest BCUT2D eigenvalue weighted by Gasteiger charge is 2.09. The number of thiazole rings is 1. The van der Waals surface area contributed by atoms with Crippen molar-refractivity contribution in [2.24, 2.45) is 0 Å². The van der Waals surface area contributed by atoms with Crippen LogP contribution in [0.25, 0.3) is 0 Å². The van der Waals surface area contributed by atoms with Crippen molar-refractivity contribution in [1.82, 2.24) is 4.98 Å². The molecule has 2 rings (SSSR count). The molecule has 0 aliphatic carbocycles. The van der Waals surface area contributed by atoms with Crippen LogP contribution < -0.4 is 4.74 Å². The van der Waals surface area contributed by atoms with Crippen LogP contribution in [0.15, 0.2) is 23.6 Å². The van der Waals surface area contributed by atoms with Gasteiger partial charge in [-0.2, -0.15) is 0 Å².